The minimum atomic E-state index is -4.85. The first-order valence-electron chi connectivity index (χ1n) is 13.3. The van der Waals surface area contributed by atoms with Crippen LogP contribution in [0.3, 0.4) is 0 Å². The molecule has 0 heterocycles. The number of phenols is 1. The van der Waals surface area contributed by atoms with Gasteiger partial charge in [-0.05, 0) is 72.1 Å². The molecule has 5 rings (SSSR count). The van der Waals surface area contributed by atoms with Gasteiger partial charge in [-0.3, -0.25) is 9.35 Å². The second-order valence-corrected chi connectivity index (χ2v) is 11.1. The van der Waals surface area contributed by atoms with Crippen LogP contribution in [-0.4, -0.2) is 35.7 Å². The van der Waals surface area contributed by atoms with Crippen LogP contribution in [-0.2, 0) is 14.9 Å². The molecule has 0 unspecified atom stereocenters. The molecule has 0 aliphatic rings. The molecule has 0 atom stereocenters. The van der Waals surface area contributed by atoms with Crippen LogP contribution < -0.4 is 80.4 Å². The van der Waals surface area contributed by atoms with Crippen LogP contribution in [0.15, 0.2) is 121 Å². The molecule has 5 aromatic rings. The van der Waals surface area contributed by atoms with Gasteiger partial charge >= 0.3 is 65.1 Å². The van der Waals surface area contributed by atoms with Gasteiger partial charge in [-0.2, -0.15) is 28.9 Å². The van der Waals surface area contributed by atoms with E-state index in [4.69, 9.17) is 10.8 Å². The third-order valence-electron chi connectivity index (χ3n) is 6.38. The SMILES string of the molecule is Nc1cc(NCC(=O)O)ccc1N=Nc1ccc2cc(S(=O)(=O)O)c(N=Nc3ccc(N=Nc4ccc([O-])cc4[O-])cc3)c(O)c2c1.[Na+].[Na+]. The number of carboxylic acid groups (broad SMARTS) is 1. The number of fused-ring (bicyclic) bond motifs is 1. The average Bonchev–Trinajstić information content (AvgIpc) is 3.02. The van der Waals surface area contributed by atoms with Crippen LogP contribution >= 0.6 is 0 Å². The number of aliphatic carboxylic acids is 1. The number of hydrogen-bond donors (Lipinski definition) is 5. The zero-order valence-electron chi connectivity index (χ0n) is 25.8. The van der Waals surface area contributed by atoms with Gasteiger partial charge in [0.2, 0.25) is 0 Å². The van der Waals surface area contributed by atoms with Crippen molar-refractivity contribution in [2.24, 2.45) is 30.7 Å². The van der Waals surface area contributed by atoms with E-state index in [0.29, 0.717) is 11.4 Å². The zero-order chi connectivity index (χ0) is 33.7. The second kappa shape index (κ2) is 16.8. The predicted molar refractivity (Wildman–Crippen MR) is 167 cm³/mol. The minimum Gasteiger partial charge on any atom is -0.872 e. The molecule has 0 spiro atoms. The van der Waals surface area contributed by atoms with E-state index in [1.54, 1.807) is 6.07 Å². The number of nitrogens with two attached hydrogens (primary N) is 1. The summed E-state index contributed by atoms with van der Waals surface area (Å²) >= 11 is 0. The molecule has 0 bridgehead atoms. The molecule has 0 radical (unpaired) electrons. The summed E-state index contributed by atoms with van der Waals surface area (Å²) < 4.78 is 34.3. The number of phenolic OH excluding ortho intramolecular Hbond substituents is 1. The molecule has 0 aromatic heterocycles. The molecule has 0 saturated heterocycles. The number of nitrogen functional groups attached to an aromatic ring is 1. The third kappa shape index (κ3) is 10.0. The molecule has 238 valence electrons. The molecule has 0 saturated carbocycles. The summed E-state index contributed by atoms with van der Waals surface area (Å²) in [6, 6.07) is 19.3. The van der Waals surface area contributed by atoms with Crippen LogP contribution in [0.5, 0.6) is 17.2 Å². The van der Waals surface area contributed by atoms with Gasteiger partial charge in [-0.1, -0.05) is 23.9 Å². The number of hydrogen-bond acceptors (Lipinski definition) is 14. The van der Waals surface area contributed by atoms with Crippen LogP contribution in [0.25, 0.3) is 10.8 Å². The molecular weight excluding hydrogens is 678 g/mol. The van der Waals surface area contributed by atoms with E-state index in [0.717, 1.165) is 12.1 Å². The Morgan fingerprint density at radius 1 is 0.755 bits per heavy atom. The molecule has 0 aliphatic carbocycles. The largest absolute Gasteiger partial charge is 1.00 e. The maximum atomic E-state index is 12.2. The standard InChI is InChI=1S/C30H24N8O8S.2Na/c31-23-13-19(32-15-28(41)42)7-9-24(23)36-35-20-2-1-16-11-27(47(44,45)46)29(30(43)22(16)12-20)38-34-18-5-3-17(4-6-18)33-37-25-10-8-21(39)14-26(25)40;;/h1-14,32,39-40,43H,15,31H2,(H,41,42)(H,44,45,46);;/q;2*+1/p-2. The third-order valence-corrected chi connectivity index (χ3v) is 7.25. The number of carboxylic acids is 1. The number of nitrogens with one attached hydrogen (secondary N) is 1. The van der Waals surface area contributed by atoms with Crippen LogP contribution in [0.2, 0.25) is 0 Å². The summed E-state index contributed by atoms with van der Waals surface area (Å²) in [5, 5.41) is 69.9. The summed E-state index contributed by atoms with van der Waals surface area (Å²) in [6.07, 6.45) is 0. The minimum absolute atomic E-state index is 0. The van der Waals surface area contributed by atoms with Crippen molar-refractivity contribution in [2.45, 2.75) is 4.90 Å². The van der Waals surface area contributed by atoms with Gasteiger partial charge in [0, 0.05) is 11.1 Å². The van der Waals surface area contributed by atoms with Crippen molar-refractivity contribution in [3.05, 3.63) is 84.9 Å². The van der Waals surface area contributed by atoms with E-state index in [1.807, 2.05) is 0 Å². The summed E-state index contributed by atoms with van der Waals surface area (Å²) in [5.41, 5.74) is 7.23. The normalized spacial score (nSPS) is 11.5. The number of rotatable bonds is 10. The van der Waals surface area contributed by atoms with Crippen LogP contribution in [0.4, 0.5) is 45.5 Å². The van der Waals surface area contributed by atoms with Crippen molar-refractivity contribution >= 4 is 72.4 Å². The average molecular weight is 701 g/mol. The molecule has 49 heavy (non-hydrogen) atoms. The molecular formula is C30H22N8Na2O8S. The number of carbonyl (C=O) groups is 1. The van der Waals surface area contributed by atoms with Crippen LogP contribution in [0, 0.1) is 0 Å². The van der Waals surface area contributed by atoms with Crippen molar-refractivity contribution in [3.8, 4) is 17.2 Å². The Bertz CT molecular complexity index is 2220. The van der Waals surface area contributed by atoms with Gasteiger partial charge in [0.25, 0.3) is 10.1 Å². The Kier molecular flexibility index (Phi) is 13.3. The van der Waals surface area contributed by atoms with E-state index >= 15 is 0 Å². The van der Waals surface area contributed by atoms with E-state index in [1.165, 1.54) is 66.7 Å². The summed E-state index contributed by atoms with van der Waals surface area (Å²) in [5.74, 6) is -2.66. The van der Waals surface area contributed by atoms with Crippen molar-refractivity contribution in [2.75, 3.05) is 17.6 Å². The Hall–Kier alpha value is -4.46. The zero-order valence-corrected chi connectivity index (χ0v) is 30.7. The number of nitrogens with zero attached hydrogens (tertiary/aromatic N) is 6. The molecule has 0 fully saturated rings. The Balaban J connectivity index is 0.00000325. The molecule has 19 heteroatoms. The molecule has 0 aliphatic heterocycles. The monoisotopic (exact) mass is 700 g/mol. The van der Waals surface area contributed by atoms with Crippen molar-refractivity contribution < 1.29 is 97.3 Å². The first kappa shape index (κ1) is 39.0. The van der Waals surface area contributed by atoms with Gasteiger partial charge in [0.1, 0.15) is 22.8 Å². The van der Waals surface area contributed by atoms with Gasteiger partial charge in [-0.25, -0.2) is 0 Å². The Morgan fingerprint density at radius 2 is 1.35 bits per heavy atom. The first-order valence-corrected chi connectivity index (χ1v) is 14.8. The Labute approximate surface area is 322 Å². The van der Waals surface area contributed by atoms with Crippen molar-refractivity contribution in [1.29, 1.82) is 0 Å². The molecule has 16 nitrogen and oxygen atoms in total. The van der Waals surface area contributed by atoms with Crippen molar-refractivity contribution in [1.82, 2.24) is 0 Å². The predicted octanol–water partition coefficient (Wildman–Crippen LogP) is 0.272. The Morgan fingerprint density at radius 3 is 1.96 bits per heavy atom. The fourth-order valence-corrected chi connectivity index (χ4v) is 4.77. The number of anilines is 2. The first-order chi connectivity index (χ1) is 22.4. The smallest absolute Gasteiger partial charge is 0.872 e. The van der Waals surface area contributed by atoms with E-state index in [9.17, 15) is 33.1 Å². The maximum Gasteiger partial charge on any atom is 1.00 e. The summed E-state index contributed by atoms with van der Waals surface area (Å²) in [6.45, 7) is -0.298. The number of benzene rings is 5. The van der Waals surface area contributed by atoms with Gasteiger partial charge in [0.15, 0.2) is 5.75 Å². The fourth-order valence-electron chi connectivity index (χ4n) is 4.11. The van der Waals surface area contributed by atoms with Crippen LogP contribution in [0.1, 0.15) is 0 Å². The van der Waals surface area contributed by atoms with Gasteiger partial charge in [-0.15, -0.1) is 16.0 Å². The van der Waals surface area contributed by atoms with E-state index in [2.05, 4.69) is 36.0 Å². The summed E-state index contributed by atoms with van der Waals surface area (Å²) in [4.78, 5) is 10.1. The fraction of sp³-hybridized carbons (Fsp3) is 0.0333. The molecule has 5 aromatic carbocycles. The van der Waals surface area contributed by atoms with Gasteiger partial charge in [0.05, 0.1) is 28.4 Å². The molecule has 6 N–H and O–H groups in total. The number of aromatic hydroxyl groups is 1. The summed E-state index contributed by atoms with van der Waals surface area (Å²) in [7, 11) is -4.85. The van der Waals surface area contributed by atoms with Crippen molar-refractivity contribution in [3.63, 3.8) is 0 Å². The van der Waals surface area contributed by atoms with E-state index in [-0.39, 0.29) is 105 Å². The van der Waals surface area contributed by atoms with E-state index < -0.39 is 43.9 Å². The topological polar surface area (TPSA) is 270 Å². The molecule has 0 amide bonds. The van der Waals surface area contributed by atoms with Gasteiger partial charge < -0.3 is 31.5 Å². The number of azo groups is 3. The second-order valence-electron chi connectivity index (χ2n) is 9.72. The quantitative estimate of drug-likeness (QED) is 0.0574. The maximum absolute atomic E-state index is 12.2.